The van der Waals surface area contributed by atoms with Crippen LogP contribution in [0.25, 0.3) is 0 Å². The molecule has 134 valence electrons. The molecule has 2 aromatic rings. The standard InChI is InChI=1S/C21H23N3O2/c1-16(18-6-4-3-5-7-18)24-15-19(14-22)21(25)23-13-12-17-8-10-20(26-2)11-9-17/h3-11,15-16,24H,12-13H2,1-2H3,(H,23,25)/b19-15-. The van der Waals surface area contributed by atoms with Crippen LogP contribution in [0.4, 0.5) is 0 Å². The molecular formula is C21H23N3O2. The lowest BCUT2D eigenvalue weighted by Crippen LogP contribution is -2.28. The van der Waals surface area contributed by atoms with Gasteiger partial charge in [-0.3, -0.25) is 4.79 Å². The molecule has 5 nitrogen and oxygen atoms in total. The molecule has 1 atom stereocenters. The lowest BCUT2D eigenvalue weighted by Gasteiger charge is -2.12. The van der Waals surface area contributed by atoms with E-state index < -0.39 is 0 Å². The van der Waals surface area contributed by atoms with Crippen LogP contribution in [-0.4, -0.2) is 19.6 Å². The Kier molecular flexibility index (Phi) is 7.26. The zero-order chi connectivity index (χ0) is 18.8. The van der Waals surface area contributed by atoms with E-state index in [2.05, 4.69) is 10.6 Å². The number of hydrogen-bond acceptors (Lipinski definition) is 4. The van der Waals surface area contributed by atoms with Crippen molar-refractivity contribution in [2.45, 2.75) is 19.4 Å². The third-order valence-corrected chi connectivity index (χ3v) is 4.00. The van der Waals surface area contributed by atoms with Gasteiger partial charge < -0.3 is 15.4 Å². The average Bonchev–Trinajstić information content (AvgIpc) is 2.69. The zero-order valence-electron chi connectivity index (χ0n) is 15.0. The van der Waals surface area contributed by atoms with Gasteiger partial charge in [-0.05, 0) is 36.6 Å². The molecule has 1 amide bonds. The number of nitrogens with one attached hydrogen (secondary N) is 2. The minimum atomic E-state index is -0.381. The number of benzene rings is 2. The summed E-state index contributed by atoms with van der Waals surface area (Å²) in [5.41, 5.74) is 2.23. The second-order valence-electron chi connectivity index (χ2n) is 5.82. The highest BCUT2D eigenvalue weighted by atomic mass is 16.5. The zero-order valence-corrected chi connectivity index (χ0v) is 15.0. The number of nitriles is 1. The Balaban J connectivity index is 1.84. The number of carbonyl (C=O) groups excluding carboxylic acids is 1. The Morgan fingerprint density at radius 1 is 1.19 bits per heavy atom. The third-order valence-electron chi connectivity index (χ3n) is 4.00. The molecule has 0 aliphatic heterocycles. The number of rotatable bonds is 8. The molecule has 0 radical (unpaired) electrons. The van der Waals surface area contributed by atoms with Crippen molar-refractivity contribution in [3.63, 3.8) is 0 Å². The SMILES string of the molecule is COc1ccc(CCNC(=O)/C(C#N)=C\NC(C)c2ccccc2)cc1. The van der Waals surface area contributed by atoms with Gasteiger partial charge in [0.15, 0.2) is 0 Å². The third kappa shape index (κ3) is 5.67. The van der Waals surface area contributed by atoms with Gasteiger partial charge in [0, 0.05) is 18.8 Å². The van der Waals surface area contributed by atoms with Gasteiger partial charge in [-0.2, -0.15) is 5.26 Å². The van der Waals surface area contributed by atoms with E-state index in [-0.39, 0.29) is 17.5 Å². The minimum Gasteiger partial charge on any atom is -0.497 e. The van der Waals surface area contributed by atoms with E-state index >= 15 is 0 Å². The van der Waals surface area contributed by atoms with Crippen molar-refractivity contribution in [3.8, 4) is 11.8 Å². The summed E-state index contributed by atoms with van der Waals surface area (Å²) in [5.74, 6) is 0.417. The normalized spacial score (nSPS) is 12.0. The fourth-order valence-corrected chi connectivity index (χ4v) is 2.40. The fourth-order valence-electron chi connectivity index (χ4n) is 2.40. The maximum atomic E-state index is 12.2. The highest BCUT2D eigenvalue weighted by molar-refractivity contribution is 5.97. The Labute approximate surface area is 154 Å². The lowest BCUT2D eigenvalue weighted by atomic mass is 10.1. The van der Waals surface area contributed by atoms with Gasteiger partial charge in [0.25, 0.3) is 5.91 Å². The summed E-state index contributed by atoms with van der Waals surface area (Å²) in [7, 11) is 1.62. The molecule has 0 fully saturated rings. The predicted molar refractivity (Wildman–Crippen MR) is 101 cm³/mol. The topological polar surface area (TPSA) is 74.1 Å². The smallest absolute Gasteiger partial charge is 0.263 e. The number of hydrogen-bond donors (Lipinski definition) is 2. The van der Waals surface area contributed by atoms with Crippen LogP contribution in [0.3, 0.4) is 0 Å². The van der Waals surface area contributed by atoms with Crippen LogP contribution in [0.1, 0.15) is 24.1 Å². The molecule has 0 aliphatic carbocycles. The van der Waals surface area contributed by atoms with E-state index in [9.17, 15) is 10.1 Å². The van der Waals surface area contributed by atoms with Crippen molar-refractivity contribution in [3.05, 3.63) is 77.5 Å². The molecule has 0 aromatic heterocycles. The van der Waals surface area contributed by atoms with Crippen molar-refractivity contribution in [2.75, 3.05) is 13.7 Å². The van der Waals surface area contributed by atoms with Gasteiger partial charge in [0.1, 0.15) is 17.4 Å². The number of amides is 1. The number of methoxy groups -OCH3 is 1. The Bertz CT molecular complexity index is 777. The summed E-state index contributed by atoms with van der Waals surface area (Å²) in [5, 5.41) is 15.1. The van der Waals surface area contributed by atoms with Gasteiger partial charge in [0.05, 0.1) is 7.11 Å². The first-order valence-electron chi connectivity index (χ1n) is 8.46. The maximum absolute atomic E-state index is 12.2. The van der Waals surface area contributed by atoms with Crippen LogP contribution in [0.2, 0.25) is 0 Å². The quantitative estimate of drug-likeness (QED) is 0.567. The summed E-state index contributed by atoms with van der Waals surface area (Å²) in [6, 6.07) is 19.5. The van der Waals surface area contributed by atoms with E-state index in [1.807, 2.05) is 67.6 Å². The van der Waals surface area contributed by atoms with E-state index in [4.69, 9.17) is 4.74 Å². The molecule has 0 spiro atoms. The van der Waals surface area contributed by atoms with Crippen LogP contribution >= 0.6 is 0 Å². The molecule has 0 saturated carbocycles. The monoisotopic (exact) mass is 349 g/mol. The van der Waals surface area contributed by atoms with E-state index in [0.29, 0.717) is 13.0 Å². The Morgan fingerprint density at radius 3 is 2.50 bits per heavy atom. The number of carbonyl (C=O) groups is 1. The van der Waals surface area contributed by atoms with Crippen molar-refractivity contribution >= 4 is 5.91 Å². The summed E-state index contributed by atoms with van der Waals surface area (Å²) in [4.78, 5) is 12.2. The molecule has 5 heteroatoms. The van der Waals surface area contributed by atoms with E-state index in [1.165, 1.54) is 6.20 Å². The first-order chi connectivity index (χ1) is 12.6. The molecule has 0 saturated heterocycles. The number of nitrogens with zero attached hydrogens (tertiary/aromatic N) is 1. The van der Waals surface area contributed by atoms with Crippen molar-refractivity contribution in [2.24, 2.45) is 0 Å². The number of ether oxygens (including phenoxy) is 1. The predicted octanol–water partition coefficient (Wildman–Crippen LogP) is 3.11. The molecule has 1 unspecified atom stereocenters. The lowest BCUT2D eigenvalue weighted by molar-refractivity contribution is -0.117. The Morgan fingerprint density at radius 2 is 1.88 bits per heavy atom. The second-order valence-corrected chi connectivity index (χ2v) is 5.82. The van der Waals surface area contributed by atoms with Crippen LogP contribution in [0, 0.1) is 11.3 Å². The van der Waals surface area contributed by atoms with Gasteiger partial charge in [0.2, 0.25) is 0 Å². The molecule has 0 bridgehead atoms. The molecule has 0 heterocycles. The molecular weight excluding hydrogens is 326 g/mol. The summed E-state index contributed by atoms with van der Waals surface area (Å²) < 4.78 is 5.12. The van der Waals surface area contributed by atoms with Crippen LogP contribution in [-0.2, 0) is 11.2 Å². The fraction of sp³-hybridized carbons (Fsp3) is 0.238. The maximum Gasteiger partial charge on any atom is 0.263 e. The van der Waals surface area contributed by atoms with Crippen molar-refractivity contribution < 1.29 is 9.53 Å². The molecule has 2 rings (SSSR count). The second kappa shape index (κ2) is 9.90. The van der Waals surface area contributed by atoms with Gasteiger partial charge in [-0.1, -0.05) is 42.5 Å². The highest BCUT2D eigenvalue weighted by Crippen LogP contribution is 2.12. The van der Waals surface area contributed by atoms with Crippen molar-refractivity contribution in [1.82, 2.24) is 10.6 Å². The van der Waals surface area contributed by atoms with Crippen LogP contribution < -0.4 is 15.4 Å². The summed E-state index contributed by atoms with van der Waals surface area (Å²) in [6.45, 7) is 2.43. The van der Waals surface area contributed by atoms with Gasteiger partial charge >= 0.3 is 0 Å². The van der Waals surface area contributed by atoms with Crippen LogP contribution in [0.15, 0.2) is 66.4 Å². The molecule has 2 aromatic carbocycles. The van der Waals surface area contributed by atoms with Crippen molar-refractivity contribution in [1.29, 1.82) is 5.26 Å². The summed E-state index contributed by atoms with van der Waals surface area (Å²) in [6.07, 6.45) is 2.16. The molecule has 2 N–H and O–H groups in total. The first-order valence-corrected chi connectivity index (χ1v) is 8.46. The first kappa shape index (κ1) is 19.1. The summed E-state index contributed by atoms with van der Waals surface area (Å²) >= 11 is 0. The largest absolute Gasteiger partial charge is 0.497 e. The van der Waals surface area contributed by atoms with Gasteiger partial charge in [-0.15, -0.1) is 0 Å². The molecule has 0 aliphatic rings. The van der Waals surface area contributed by atoms with E-state index in [1.54, 1.807) is 7.11 Å². The van der Waals surface area contributed by atoms with Gasteiger partial charge in [-0.25, -0.2) is 0 Å². The average molecular weight is 349 g/mol. The highest BCUT2D eigenvalue weighted by Gasteiger charge is 2.09. The Hall–Kier alpha value is -3.26. The molecule has 26 heavy (non-hydrogen) atoms. The minimum absolute atomic E-state index is 0.00616. The van der Waals surface area contributed by atoms with Crippen LogP contribution in [0.5, 0.6) is 5.75 Å². The van der Waals surface area contributed by atoms with E-state index in [0.717, 1.165) is 16.9 Å².